The molecule has 0 aromatic heterocycles. The Bertz CT molecular complexity index is 433. The van der Waals surface area contributed by atoms with Gasteiger partial charge in [-0.3, -0.25) is 4.79 Å². The molecule has 0 amide bonds. The lowest BCUT2D eigenvalue weighted by Crippen LogP contribution is -2.14. The van der Waals surface area contributed by atoms with Crippen molar-refractivity contribution in [2.45, 2.75) is 6.92 Å². The lowest BCUT2D eigenvalue weighted by atomic mass is 10.0. The smallest absolute Gasteiger partial charge is 0.176 e. The molecule has 2 N–H and O–H groups in total. The number of methoxy groups -OCH3 is 1. The van der Waals surface area contributed by atoms with E-state index in [0.717, 1.165) is 5.56 Å². The normalized spacial score (nSPS) is 9.47. The minimum Gasteiger partial charge on any atom is -0.495 e. The summed E-state index contributed by atoms with van der Waals surface area (Å²) in [6, 6.07) is 5.17. The fourth-order valence-corrected chi connectivity index (χ4v) is 1.41. The predicted octanol–water partition coefficient (Wildman–Crippen LogP) is 1.02. The number of hydrogen-bond donors (Lipinski definition) is 1. The van der Waals surface area contributed by atoms with Gasteiger partial charge in [-0.25, -0.2) is 0 Å². The lowest BCUT2D eigenvalue weighted by Gasteiger charge is -2.08. The van der Waals surface area contributed by atoms with Crippen molar-refractivity contribution in [3.8, 4) is 11.8 Å². The average molecular weight is 204 g/mol. The van der Waals surface area contributed by atoms with Crippen LogP contribution in [0.4, 0.5) is 0 Å². The standard InChI is InChI=1S/C11H12N2O2/c1-7-3-8(10(14)6-13)4-9(5-12)11(7)15-2/h3-4H,6,13H2,1-2H3. The minimum atomic E-state index is -0.183. The summed E-state index contributed by atoms with van der Waals surface area (Å²) in [6.07, 6.45) is 0. The average Bonchev–Trinajstić information content (AvgIpc) is 2.26. The van der Waals surface area contributed by atoms with Crippen LogP contribution in [0.3, 0.4) is 0 Å². The van der Waals surface area contributed by atoms with Gasteiger partial charge in [-0.05, 0) is 24.6 Å². The van der Waals surface area contributed by atoms with Crippen LogP contribution in [0.15, 0.2) is 12.1 Å². The summed E-state index contributed by atoms with van der Waals surface area (Å²) in [5.41, 5.74) is 6.82. The van der Waals surface area contributed by atoms with Gasteiger partial charge >= 0.3 is 0 Å². The quantitative estimate of drug-likeness (QED) is 0.745. The van der Waals surface area contributed by atoms with Crippen LogP contribution in [-0.2, 0) is 0 Å². The Labute approximate surface area is 88.3 Å². The second-order valence-corrected chi connectivity index (χ2v) is 3.11. The molecular formula is C11H12N2O2. The van der Waals surface area contributed by atoms with E-state index in [1.54, 1.807) is 13.0 Å². The van der Waals surface area contributed by atoms with Crippen LogP contribution in [0, 0.1) is 18.3 Å². The van der Waals surface area contributed by atoms with Crippen molar-refractivity contribution in [2.75, 3.05) is 13.7 Å². The first kappa shape index (κ1) is 11.2. The van der Waals surface area contributed by atoms with Crippen molar-refractivity contribution < 1.29 is 9.53 Å². The van der Waals surface area contributed by atoms with Crippen LogP contribution in [0.5, 0.6) is 5.75 Å². The molecule has 4 heteroatoms. The number of hydrogen-bond acceptors (Lipinski definition) is 4. The highest BCUT2D eigenvalue weighted by molar-refractivity contribution is 5.98. The summed E-state index contributed by atoms with van der Waals surface area (Å²) < 4.78 is 5.07. The van der Waals surface area contributed by atoms with E-state index in [1.165, 1.54) is 13.2 Å². The van der Waals surface area contributed by atoms with Gasteiger partial charge in [-0.1, -0.05) is 0 Å². The number of nitrogens with two attached hydrogens (primary N) is 1. The molecule has 1 aromatic carbocycles. The molecule has 1 rings (SSSR count). The predicted molar refractivity (Wildman–Crippen MR) is 55.8 cm³/mol. The minimum absolute atomic E-state index is 0.0589. The Morgan fingerprint density at radius 1 is 1.60 bits per heavy atom. The molecule has 78 valence electrons. The number of benzene rings is 1. The Morgan fingerprint density at radius 3 is 2.73 bits per heavy atom. The van der Waals surface area contributed by atoms with E-state index in [0.29, 0.717) is 16.9 Å². The summed E-state index contributed by atoms with van der Waals surface area (Å²) in [5.74, 6) is 0.323. The van der Waals surface area contributed by atoms with E-state index in [-0.39, 0.29) is 12.3 Å². The van der Waals surface area contributed by atoms with Crippen molar-refractivity contribution in [2.24, 2.45) is 5.73 Å². The molecule has 0 spiro atoms. The zero-order chi connectivity index (χ0) is 11.4. The molecule has 0 saturated carbocycles. The van der Waals surface area contributed by atoms with Gasteiger partial charge in [-0.15, -0.1) is 0 Å². The van der Waals surface area contributed by atoms with E-state index >= 15 is 0 Å². The fourth-order valence-electron chi connectivity index (χ4n) is 1.41. The fraction of sp³-hybridized carbons (Fsp3) is 0.273. The van der Waals surface area contributed by atoms with Gasteiger partial charge in [0, 0.05) is 5.56 Å². The third kappa shape index (κ3) is 2.14. The zero-order valence-electron chi connectivity index (χ0n) is 8.70. The number of ether oxygens (including phenoxy) is 1. The van der Waals surface area contributed by atoms with Crippen LogP contribution < -0.4 is 10.5 Å². The van der Waals surface area contributed by atoms with Crippen LogP contribution in [0.25, 0.3) is 0 Å². The third-order valence-corrected chi connectivity index (χ3v) is 2.11. The number of nitrogens with zero attached hydrogens (tertiary/aromatic N) is 1. The number of aryl methyl sites for hydroxylation is 1. The van der Waals surface area contributed by atoms with Crippen molar-refractivity contribution in [3.05, 3.63) is 28.8 Å². The molecule has 0 bridgehead atoms. The summed E-state index contributed by atoms with van der Waals surface area (Å²) >= 11 is 0. The van der Waals surface area contributed by atoms with Crippen molar-refractivity contribution in [1.29, 1.82) is 5.26 Å². The first-order valence-corrected chi connectivity index (χ1v) is 4.46. The molecule has 15 heavy (non-hydrogen) atoms. The molecule has 0 heterocycles. The number of carbonyl (C=O) groups excluding carboxylic acids is 1. The molecular weight excluding hydrogens is 192 g/mol. The first-order chi connectivity index (χ1) is 7.13. The molecule has 4 nitrogen and oxygen atoms in total. The van der Waals surface area contributed by atoms with Gasteiger partial charge in [0.1, 0.15) is 11.8 Å². The Kier molecular flexibility index (Phi) is 3.42. The topological polar surface area (TPSA) is 76.1 Å². The molecule has 0 unspecified atom stereocenters. The number of ketones is 1. The highest BCUT2D eigenvalue weighted by Crippen LogP contribution is 2.24. The Morgan fingerprint density at radius 2 is 2.27 bits per heavy atom. The van der Waals surface area contributed by atoms with E-state index < -0.39 is 0 Å². The van der Waals surface area contributed by atoms with Gasteiger partial charge < -0.3 is 10.5 Å². The van der Waals surface area contributed by atoms with Crippen LogP contribution in [0.1, 0.15) is 21.5 Å². The van der Waals surface area contributed by atoms with E-state index in [4.69, 9.17) is 15.7 Å². The van der Waals surface area contributed by atoms with E-state index in [9.17, 15) is 4.79 Å². The van der Waals surface area contributed by atoms with Gasteiger partial charge in [0.25, 0.3) is 0 Å². The van der Waals surface area contributed by atoms with Crippen LogP contribution >= 0.6 is 0 Å². The van der Waals surface area contributed by atoms with Gasteiger partial charge in [-0.2, -0.15) is 5.26 Å². The molecule has 0 fully saturated rings. The second-order valence-electron chi connectivity index (χ2n) is 3.11. The lowest BCUT2D eigenvalue weighted by molar-refractivity contribution is 0.100. The maximum absolute atomic E-state index is 11.4. The number of rotatable bonds is 3. The zero-order valence-corrected chi connectivity index (χ0v) is 8.70. The summed E-state index contributed by atoms with van der Waals surface area (Å²) in [5, 5.41) is 8.88. The van der Waals surface area contributed by atoms with Crippen LogP contribution in [-0.4, -0.2) is 19.4 Å². The van der Waals surface area contributed by atoms with Crippen molar-refractivity contribution in [3.63, 3.8) is 0 Å². The Balaban J connectivity index is 3.33. The van der Waals surface area contributed by atoms with Crippen molar-refractivity contribution >= 4 is 5.78 Å². The maximum atomic E-state index is 11.4. The number of nitriles is 1. The first-order valence-electron chi connectivity index (χ1n) is 4.46. The van der Waals surface area contributed by atoms with Gasteiger partial charge in [0.15, 0.2) is 5.78 Å². The molecule has 0 aliphatic carbocycles. The summed E-state index contributed by atoms with van der Waals surface area (Å²) in [7, 11) is 1.49. The molecule has 0 saturated heterocycles. The molecule has 0 atom stereocenters. The highest BCUT2D eigenvalue weighted by atomic mass is 16.5. The number of carbonyl (C=O) groups is 1. The highest BCUT2D eigenvalue weighted by Gasteiger charge is 2.11. The van der Waals surface area contributed by atoms with Crippen LogP contribution in [0.2, 0.25) is 0 Å². The van der Waals surface area contributed by atoms with E-state index in [1.807, 2.05) is 6.07 Å². The summed E-state index contributed by atoms with van der Waals surface area (Å²) in [6.45, 7) is 1.73. The second kappa shape index (κ2) is 4.58. The Hall–Kier alpha value is -1.86. The maximum Gasteiger partial charge on any atom is 0.176 e. The third-order valence-electron chi connectivity index (χ3n) is 2.11. The molecule has 0 aliphatic heterocycles. The van der Waals surface area contributed by atoms with Crippen molar-refractivity contribution in [1.82, 2.24) is 0 Å². The van der Waals surface area contributed by atoms with Gasteiger partial charge in [0.2, 0.25) is 0 Å². The largest absolute Gasteiger partial charge is 0.495 e. The monoisotopic (exact) mass is 204 g/mol. The molecule has 0 aliphatic rings. The SMILES string of the molecule is COc1c(C)cc(C(=O)CN)cc1C#N. The molecule has 1 aromatic rings. The molecule has 0 radical (unpaired) electrons. The summed E-state index contributed by atoms with van der Waals surface area (Å²) in [4.78, 5) is 11.4. The van der Waals surface area contributed by atoms with E-state index in [2.05, 4.69) is 0 Å². The number of Topliss-reactive ketones (excluding diaryl/α,β-unsaturated/α-hetero) is 1. The van der Waals surface area contributed by atoms with Gasteiger partial charge in [0.05, 0.1) is 19.2 Å².